The van der Waals surface area contributed by atoms with Gasteiger partial charge in [0.15, 0.2) is 0 Å². The number of nitrogens with zero attached hydrogens (tertiary/aromatic N) is 2. The van der Waals surface area contributed by atoms with Gasteiger partial charge < -0.3 is 9.64 Å². The lowest BCUT2D eigenvalue weighted by Gasteiger charge is -2.09. The molecule has 0 fully saturated rings. The molecule has 118 valence electrons. The molecule has 3 aromatic rings. The van der Waals surface area contributed by atoms with Crippen LogP contribution in [0, 0.1) is 0 Å². The Balaban J connectivity index is 1.77. The Bertz CT molecular complexity index is 843. The molecular formula is C19H20N2O2. The van der Waals surface area contributed by atoms with Crippen molar-refractivity contribution in [2.75, 3.05) is 20.6 Å². The van der Waals surface area contributed by atoms with Crippen LogP contribution in [-0.2, 0) is 4.79 Å². The van der Waals surface area contributed by atoms with Crippen LogP contribution in [0.4, 0.5) is 0 Å². The maximum absolute atomic E-state index is 11.9. The summed E-state index contributed by atoms with van der Waals surface area (Å²) in [5, 5.41) is 2.05. The molecule has 0 amide bonds. The van der Waals surface area contributed by atoms with Crippen molar-refractivity contribution < 1.29 is 9.53 Å². The van der Waals surface area contributed by atoms with E-state index in [-0.39, 0.29) is 5.97 Å². The van der Waals surface area contributed by atoms with Crippen LogP contribution < -0.4 is 4.74 Å². The molecule has 0 spiro atoms. The Morgan fingerprint density at radius 3 is 2.65 bits per heavy atom. The number of rotatable bonds is 5. The number of aromatic nitrogens is 1. The standard InChI is InChI=1S/C19H20N2O2/c1-21(2)11-5-8-19(22)23-16-9-10-18-15(13-16)12-14-6-3-4-7-17(14)20-18/h3-4,6-7,9-10,12-13H,5,8,11H2,1-2H3. The molecule has 23 heavy (non-hydrogen) atoms. The van der Waals surface area contributed by atoms with Crippen LogP contribution in [0.25, 0.3) is 21.8 Å². The predicted molar refractivity (Wildman–Crippen MR) is 92.7 cm³/mol. The van der Waals surface area contributed by atoms with Gasteiger partial charge in [0.25, 0.3) is 0 Å². The highest BCUT2D eigenvalue weighted by Crippen LogP contribution is 2.24. The van der Waals surface area contributed by atoms with E-state index in [1.165, 1.54) is 0 Å². The van der Waals surface area contributed by atoms with Crippen LogP contribution in [0.5, 0.6) is 5.75 Å². The number of para-hydroxylation sites is 1. The summed E-state index contributed by atoms with van der Waals surface area (Å²) in [5.41, 5.74) is 1.87. The van der Waals surface area contributed by atoms with Crippen molar-refractivity contribution in [1.29, 1.82) is 0 Å². The predicted octanol–water partition coefficient (Wildman–Crippen LogP) is 3.64. The van der Waals surface area contributed by atoms with Gasteiger partial charge in [-0.2, -0.15) is 0 Å². The summed E-state index contributed by atoms with van der Waals surface area (Å²) < 4.78 is 5.43. The molecule has 0 radical (unpaired) electrons. The first kappa shape index (κ1) is 15.4. The molecule has 0 saturated carbocycles. The molecule has 3 rings (SSSR count). The minimum atomic E-state index is -0.194. The first-order valence-electron chi connectivity index (χ1n) is 7.77. The van der Waals surface area contributed by atoms with Crippen molar-refractivity contribution in [2.45, 2.75) is 12.8 Å². The summed E-state index contributed by atoms with van der Waals surface area (Å²) in [5.74, 6) is 0.379. The third-order valence-corrected chi connectivity index (χ3v) is 3.71. The number of benzene rings is 2. The number of ether oxygens (including phenoxy) is 1. The summed E-state index contributed by atoms with van der Waals surface area (Å²) in [7, 11) is 3.98. The Morgan fingerprint density at radius 2 is 1.83 bits per heavy atom. The Kier molecular flexibility index (Phi) is 4.53. The van der Waals surface area contributed by atoms with E-state index < -0.39 is 0 Å². The average molecular weight is 308 g/mol. The number of carbonyl (C=O) groups is 1. The zero-order valence-electron chi connectivity index (χ0n) is 13.5. The largest absolute Gasteiger partial charge is 0.427 e. The zero-order valence-corrected chi connectivity index (χ0v) is 13.5. The highest BCUT2D eigenvalue weighted by molar-refractivity contribution is 5.93. The van der Waals surface area contributed by atoms with Crippen LogP contribution in [0.2, 0.25) is 0 Å². The van der Waals surface area contributed by atoms with Gasteiger partial charge >= 0.3 is 5.97 Å². The van der Waals surface area contributed by atoms with Gasteiger partial charge in [-0.1, -0.05) is 18.2 Å². The van der Waals surface area contributed by atoms with Crippen LogP contribution in [0.3, 0.4) is 0 Å². The average Bonchev–Trinajstić information content (AvgIpc) is 2.52. The molecule has 4 nitrogen and oxygen atoms in total. The van der Waals surface area contributed by atoms with Gasteiger partial charge in [-0.15, -0.1) is 0 Å². The van der Waals surface area contributed by atoms with Crippen LogP contribution in [0.1, 0.15) is 12.8 Å². The second kappa shape index (κ2) is 6.75. The van der Waals surface area contributed by atoms with Crippen molar-refractivity contribution in [1.82, 2.24) is 9.88 Å². The summed E-state index contributed by atoms with van der Waals surface area (Å²) in [6, 6.07) is 15.6. The molecule has 0 aliphatic carbocycles. The summed E-state index contributed by atoms with van der Waals surface area (Å²) in [4.78, 5) is 18.6. The smallest absolute Gasteiger partial charge is 0.311 e. The van der Waals surface area contributed by atoms with Gasteiger partial charge in [-0.05, 0) is 57.4 Å². The third-order valence-electron chi connectivity index (χ3n) is 3.71. The molecule has 0 unspecified atom stereocenters. The van der Waals surface area contributed by atoms with E-state index in [4.69, 9.17) is 4.74 Å². The maximum atomic E-state index is 11.9. The lowest BCUT2D eigenvalue weighted by atomic mass is 10.1. The van der Waals surface area contributed by atoms with Gasteiger partial charge in [-0.3, -0.25) is 4.79 Å². The van der Waals surface area contributed by atoms with Crippen molar-refractivity contribution in [3.05, 3.63) is 48.5 Å². The molecular weight excluding hydrogens is 288 g/mol. The first-order valence-corrected chi connectivity index (χ1v) is 7.77. The number of esters is 1. The number of fused-ring (bicyclic) bond motifs is 2. The minimum absolute atomic E-state index is 0.194. The van der Waals surface area contributed by atoms with Gasteiger partial charge in [0.05, 0.1) is 11.0 Å². The second-order valence-corrected chi connectivity index (χ2v) is 5.92. The Hall–Kier alpha value is -2.46. The highest BCUT2D eigenvalue weighted by Gasteiger charge is 2.07. The molecule has 4 heteroatoms. The number of hydrogen-bond donors (Lipinski definition) is 0. The van der Waals surface area contributed by atoms with E-state index in [2.05, 4.69) is 16.0 Å². The van der Waals surface area contributed by atoms with E-state index >= 15 is 0 Å². The van der Waals surface area contributed by atoms with E-state index in [1.54, 1.807) is 6.07 Å². The normalized spacial score (nSPS) is 11.3. The quantitative estimate of drug-likeness (QED) is 0.410. The molecule has 2 aromatic carbocycles. The van der Waals surface area contributed by atoms with Gasteiger partial charge in [0.2, 0.25) is 0 Å². The van der Waals surface area contributed by atoms with Gasteiger partial charge in [0.1, 0.15) is 5.75 Å². The van der Waals surface area contributed by atoms with Crippen molar-refractivity contribution in [3.63, 3.8) is 0 Å². The summed E-state index contributed by atoms with van der Waals surface area (Å²) in [6.07, 6.45) is 1.22. The number of pyridine rings is 1. The molecule has 0 saturated heterocycles. The molecule has 1 heterocycles. The van der Waals surface area contributed by atoms with E-state index in [0.29, 0.717) is 12.2 Å². The molecule has 1 aromatic heterocycles. The molecule has 0 atom stereocenters. The number of hydrogen-bond acceptors (Lipinski definition) is 4. The van der Waals surface area contributed by atoms with Gasteiger partial charge in [0, 0.05) is 17.2 Å². The first-order chi connectivity index (χ1) is 11.1. The number of carbonyl (C=O) groups excluding carboxylic acids is 1. The fraction of sp³-hybridized carbons (Fsp3) is 0.263. The zero-order chi connectivity index (χ0) is 16.2. The Labute approximate surface area is 135 Å². The SMILES string of the molecule is CN(C)CCCC(=O)Oc1ccc2nc3ccccc3cc2c1. The minimum Gasteiger partial charge on any atom is -0.427 e. The van der Waals surface area contributed by atoms with E-state index in [1.807, 2.05) is 50.5 Å². The van der Waals surface area contributed by atoms with Crippen molar-refractivity contribution in [2.24, 2.45) is 0 Å². The van der Waals surface area contributed by atoms with Crippen LogP contribution in [0.15, 0.2) is 48.5 Å². The molecule has 0 aliphatic heterocycles. The van der Waals surface area contributed by atoms with E-state index in [9.17, 15) is 4.79 Å². The lowest BCUT2D eigenvalue weighted by Crippen LogP contribution is -2.16. The van der Waals surface area contributed by atoms with Crippen molar-refractivity contribution >= 4 is 27.8 Å². The topological polar surface area (TPSA) is 42.4 Å². The Morgan fingerprint density at radius 1 is 1.04 bits per heavy atom. The van der Waals surface area contributed by atoms with Crippen LogP contribution >= 0.6 is 0 Å². The summed E-state index contributed by atoms with van der Waals surface area (Å²) >= 11 is 0. The second-order valence-electron chi connectivity index (χ2n) is 5.92. The summed E-state index contributed by atoms with van der Waals surface area (Å²) in [6.45, 7) is 0.878. The monoisotopic (exact) mass is 308 g/mol. The molecule has 0 bridgehead atoms. The van der Waals surface area contributed by atoms with Crippen LogP contribution in [-0.4, -0.2) is 36.5 Å². The highest BCUT2D eigenvalue weighted by atomic mass is 16.5. The molecule has 0 N–H and O–H groups in total. The fourth-order valence-electron chi connectivity index (χ4n) is 2.54. The fourth-order valence-corrected chi connectivity index (χ4v) is 2.54. The molecule has 0 aliphatic rings. The third kappa shape index (κ3) is 3.85. The lowest BCUT2D eigenvalue weighted by molar-refractivity contribution is -0.134. The van der Waals surface area contributed by atoms with Gasteiger partial charge in [-0.25, -0.2) is 4.98 Å². The van der Waals surface area contributed by atoms with Crippen molar-refractivity contribution in [3.8, 4) is 5.75 Å². The van der Waals surface area contributed by atoms with E-state index in [0.717, 1.165) is 34.8 Å². The maximum Gasteiger partial charge on any atom is 0.311 e.